The van der Waals surface area contributed by atoms with Crippen molar-refractivity contribution in [3.63, 3.8) is 0 Å². The molecule has 2 atom stereocenters. The van der Waals surface area contributed by atoms with Gasteiger partial charge < -0.3 is 39.4 Å². The first-order valence-electron chi connectivity index (χ1n) is 15.6. The van der Waals surface area contributed by atoms with Crippen LogP contribution in [0.5, 0.6) is 16.7 Å². The van der Waals surface area contributed by atoms with E-state index in [9.17, 15) is 24.0 Å². The number of ether oxygens (including phenoxy) is 4. The molecule has 1 unspecified atom stereocenters. The van der Waals surface area contributed by atoms with Crippen LogP contribution in [0.2, 0.25) is 0 Å². The highest BCUT2D eigenvalue weighted by molar-refractivity contribution is 7.14. The first kappa shape index (κ1) is 34.5. The second kappa shape index (κ2) is 15.0. The number of carbonyl (C=O) groups is 5. The van der Waals surface area contributed by atoms with Gasteiger partial charge in [-0.3, -0.25) is 19.4 Å². The molecule has 3 aromatic rings. The quantitative estimate of drug-likeness (QED) is 0.205. The molecule has 2 N–H and O–H groups in total. The van der Waals surface area contributed by atoms with Crippen LogP contribution in [0.25, 0.3) is 0 Å². The molecule has 16 nitrogen and oxygen atoms in total. The van der Waals surface area contributed by atoms with Gasteiger partial charge in [0.2, 0.25) is 11.8 Å². The minimum Gasteiger partial charge on any atom is -0.493 e. The molecule has 3 amide bonds. The summed E-state index contributed by atoms with van der Waals surface area (Å²) < 4.78 is 21.2. The normalized spacial score (nSPS) is 17.7. The van der Waals surface area contributed by atoms with Gasteiger partial charge in [-0.15, -0.1) is 11.3 Å². The molecule has 1 fully saturated rings. The molecular formula is C32H33N7O9S2. The number of thiazole rings is 2. The molecule has 0 aliphatic carbocycles. The molecule has 0 saturated carbocycles. The SMILES string of the molecule is COC(=O)c1csc(OC(=O)c2csc(NC(=O)C3CC(NC(=O)CCCOc4cc5c(cc4OC)C(=O)N4CCC[C@H]4C=N5)=CN3C)n2)n1. The van der Waals surface area contributed by atoms with E-state index in [-0.39, 0.29) is 64.9 Å². The minimum absolute atomic E-state index is 0.00529. The average Bonchev–Trinajstić information content (AvgIpc) is 3.92. The zero-order valence-electron chi connectivity index (χ0n) is 27.3. The minimum atomic E-state index is -0.800. The van der Waals surface area contributed by atoms with Crippen LogP contribution in [0.3, 0.4) is 0 Å². The number of anilines is 1. The Balaban J connectivity index is 0.947. The monoisotopic (exact) mass is 723 g/mol. The van der Waals surface area contributed by atoms with Crippen LogP contribution in [-0.2, 0) is 14.3 Å². The van der Waals surface area contributed by atoms with Crippen molar-refractivity contribution >= 4 is 69.4 Å². The molecule has 1 saturated heterocycles. The van der Waals surface area contributed by atoms with Gasteiger partial charge in [0.1, 0.15) is 6.04 Å². The van der Waals surface area contributed by atoms with Crippen LogP contribution in [0.4, 0.5) is 10.8 Å². The highest BCUT2D eigenvalue weighted by Gasteiger charge is 2.33. The zero-order valence-corrected chi connectivity index (χ0v) is 28.9. The Morgan fingerprint density at radius 2 is 1.82 bits per heavy atom. The van der Waals surface area contributed by atoms with Crippen LogP contribution >= 0.6 is 22.7 Å². The summed E-state index contributed by atoms with van der Waals surface area (Å²) in [5, 5.41) is 8.52. The number of methoxy groups -OCH3 is 2. The molecule has 0 radical (unpaired) electrons. The van der Waals surface area contributed by atoms with Gasteiger partial charge in [-0.1, -0.05) is 11.3 Å². The van der Waals surface area contributed by atoms with Crippen LogP contribution in [0.15, 0.2) is 39.8 Å². The summed E-state index contributed by atoms with van der Waals surface area (Å²) in [6, 6.07) is 2.72. The highest BCUT2D eigenvalue weighted by atomic mass is 32.1. The third kappa shape index (κ3) is 7.60. The van der Waals surface area contributed by atoms with Gasteiger partial charge in [0.05, 0.1) is 38.1 Å². The fourth-order valence-electron chi connectivity index (χ4n) is 5.63. The van der Waals surface area contributed by atoms with Gasteiger partial charge in [-0.25, -0.2) is 14.6 Å². The number of aliphatic imine (C=N–C) groups is 1. The van der Waals surface area contributed by atoms with Crippen molar-refractivity contribution in [2.24, 2.45) is 4.99 Å². The van der Waals surface area contributed by atoms with Gasteiger partial charge in [-0.05, 0) is 25.3 Å². The Labute approximate surface area is 294 Å². The third-order valence-corrected chi connectivity index (χ3v) is 9.61. The lowest BCUT2D eigenvalue weighted by atomic mass is 10.1. The summed E-state index contributed by atoms with van der Waals surface area (Å²) in [4.78, 5) is 79.0. The molecule has 3 aliphatic rings. The van der Waals surface area contributed by atoms with Gasteiger partial charge in [0, 0.05) is 61.4 Å². The van der Waals surface area contributed by atoms with Crippen LogP contribution in [0, 0.1) is 0 Å². The summed E-state index contributed by atoms with van der Waals surface area (Å²) in [5.74, 6) is -1.29. The predicted molar refractivity (Wildman–Crippen MR) is 181 cm³/mol. The number of rotatable bonds is 12. The van der Waals surface area contributed by atoms with Gasteiger partial charge >= 0.3 is 11.9 Å². The Hall–Kier alpha value is -5.36. The lowest BCUT2D eigenvalue weighted by Gasteiger charge is -2.20. The summed E-state index contributed by atoms with van der Waals surface area (Å²) >= 11 is 1.99. The van der Waals surface area contributed by atoms with E-state index in [1.807, 2.05) is 11.1 Å². The van der Waals surface area contributed by atoms with E-state index in [0.717, 1.165) is 35.5 Å². The van der Waals surface area contributed by atoms with E-state index in [4.69, 9.17) is 14.2 Å². The highest BCUT2D eigenvalue weighted by Crippen LogP contribution is 2.38. The van der Waals surface area contributed by atoms with Crippen LogP contribution in [-0.4, -0.2) is 102 Å². The van der Waals surface area contributed by atoms with Crippen LogP contribution < -0.4 is 24.8 Å². The Morgan fingerprint density at radius 3 is 2.62 bits per heavy atom. The molecule has 5 heterocycles. The molecule has 2 aromatic heterocycles. The maximum Gasteiger partial charge on any atom is 0.365 e. The second-order valence-corrected chi connectivity index (χ2v) is 13.1. The van der Waals surface area contributed by atoms with Crippen molar-refractivity contribution in [2.45, 2.75) is 44.2 Å². The molecule has 262 valence electrons. The Morgan fingerprint density at radius 1 is 1.02 bits per heavy atom. The van der Waals surface area contributed by atoms with Gasteiger partial charge in [0.25, 0.3) is 11.1 Å². The number of esters is 2. The van der Waals surface area contributed by atoms with E-state index < -0.39 is 18.0 Å². The van der Waals surface area contributed by atoms with Crippen molar-refractivity contribution in [3.8, 4) is 16.7 Å². The summed E-state index contributed by atoms with van der Waals surface area (Å²) in [5.41, 5.74) is 1.54. The van der Waals surface area contributed by atoms with Crippen molar-refractivity contribution in [1.82, 2.24) is 25.1 Å². The van der Waals surface area contributed by atoms with Gasteiger partial charge in [0.15, 0.2) is 28.0 Å². The second-order valence-electron chi connectivity index (χ2n) is 11.5. The molecule has 50 heavy (non-hydrogen) atoms. The Kier molecular flexibility index (Phi) is 10.4. The number of likely N-dealkylation sites (N-methyl/N-ethyl adjacent to an activating group) is 1. The molecule has 1 aromatic carbocycles. The molecular weight excluding hydrogens is 691 g/mol. The fraction of sp³-hybridized carbons (Fsp3) is 0.375. The van der Waals surface area contributed by atoms with Gasteiger partial charge in [-0.2, -0.15) is 4.98 Å². The first-order chi connectivity index (χ1) is 24.1. The molecule has 3 aliphatic heterocycles. The first-order valence-corrected chi connectivity index (χ1v) is 17.3. The van der Waals surface area contributed by atoms with Crippen LogP contribution in [0.1, 0.15) is 63.4 Å². The number of nitrogens with one attached hydrogen (secondary N) is 2. The number of benzene rings is 1. The number of aromatic nitrogens is 2. The summed E-state index contributed by atoms with van der Waals surface area (Å²) in [7, 11) is 4.44. The molecule has 0 bridgehead atoms. The maximum absolute atomic E-state index is 13.1. The number of hydrogen-bond acceptors (Lipinski definition) is 15. The van der Waals surface area contributed by atoms with Crippen molar-refractivity contribution in [3.05, 3.63) is 51.7 Å². The largest absolute Gasteiger partial charge is 0.493 e. The summed E-state index contributed by atoms with van der Waals surface area (Å²) in [6.45, 7) is 0.922. The van der Waals surface area contributed by atoms with E-state index in [1.54, 1.807) is 30.3 Å². The van der Waals surface area contributed by atoms with Crippen molar-refractivity contribution < 1.29 is 42.9 Å². The maximum atomic E-state index is 13.1. The molecule has 0 spiro atoms. The number of nitrogens with zero attached hydrogens (tertiary/aromatic N) is 5. The number of amides is 3. The molecule has 6 rings (SSSR count). The van der Waals surface area contributed by atoms with E-state index in [0.29, 0.717) is 41.4 Å². The summed E-state index contributed by atoms with van der Waals surface area (Å²) in [6.07, 6.45) is 6.16. The fourth-order valence-corrected chi connectivity index (χ4v) is 6.95. The topological polar surface area (TPSA) is 191 Å². The zero-order chi connectivity index (χ0) is 35.4. The number of hydrogen-bond donors (Lipinski definition) is 2. The smallest absolute Gasteiger partial charge is 0.365 e. The average molecular weight is 724 g/mol. The van der Waals surface area contributed by atoms with Crippen molar-refractivity contribution in [2.75, 3.05) is 39.7 Å². The standard InChI is InChI=1S/C32H33N7O9S2/c1-38-14-17(10-23(38)27(41)37-31-35-22(15-49-31)30(44)48-32-36-21(16-50-32)29(43)46-3)34-26(40)7-5-9-47-25-12-20-19(11-24(25)45-2)28(42)39-8-4-6-18(39)13-33-20/h11-16,18,23H,4-10H2,1-3H3,(H,34,40)(H,35,37,41)/t18-,23?/m0/s1. The number of fused-ring (bicyclic) bond motifs is 2. The lowest BCUT2D eigenvalue weighted by molar-refractivity contribution is -0.121. The molecule has 18 heteroatoms. The van der Waals surface area contributed by atoms with E-state index >= 15 is 0 Å². The van der Waals surface area contributed by atoms with Crippen molar-refractivity contribution in [1.29, 1.82) is 0 Å². The van der Waals surface area contributed by atoms with E-state index in [2.05, 4.69) is 30.3 Å². The third-order valence-electron chi connectivity index (χ3n) is 8.13. The Bertz CT molecular complexity index is 1890. The number of carbonyl (C=O) groups excluding carboxylic acids is 5. The van der Waals surface area contributed by atoms with E-state index in [1.165, 1.54) is 25.0 Å². The lowest BCUT2D eigenvalue weighted by Crippen LogP contribution is -2.36. The predicted octanol–water partition coefficient (Wildman–Crippen LogP) is 3.39.